The molecule has 75 valence electrons. The van der Waals surface area contributed by atoms with Crippen LogP contribution in [0.1, 0.15) is 0 Å². The van der Waals surface area contributed by atoms with E-state index in [4.69, 9.17) is 16.3 Å². The van der Waals surface area contributed by atoms with E-state index in [0.29, 0.717) is 5.75 Å². The third kappa shape index (κ3) is 2.28. The van der Waals surface area contributed by atoms with Gasteiger partial charge >= 0.3 is 0 Å². The Balaban J connectivity index is 2.29. The van der Waals surface area contributed by atoms with Crippen LogP contribution in [0.15, 0.2) is 42.5 Å². The number of hydrogen-bond donors (Lipinski definition) is 0. The van der Waals surface area contributed by atoms with E-state index in [0.717, 1.165) is 0 Å². The lowest BCUT2D eigenvalue weighted by molar-refractivity contribution is 0.441. The average Bonchev–Trinajstić information content (AvgIpc) is 2.26. The van der Waals surface area contributed by atoms with Crippen LogP contribution in [-0.2, 0) is 0 Å². The zero-order valence-corrected chi connectivity index (χ0v) is 8.46. The molecule has 0 aliphatic carbocycles. The summed E-state index contributed by atoms with van der Waals surface area (Å²) in [6.07, 6.45) is 0. The van der Waals surface area contributed by atoms with Crippen LogP contribution in [0.25, 0.3) is 0 Å². The highest BCUT2D eigenvalue weighted by Crippen LogP contribution is 2.27. The Morgan fingerprint density at radius 3 is 2.60 bits per heavy atom. The topological polar surface area (TPSA) is 9.23 Å². The van der Waals surface area contributed by atoms with Crippen LogP contribution in [0.2, 0.25) is 5.02 Å². The van der Waals surface area contributed by atoms with Gasteiger partial charge in [-0.15, -0.1) is 0 Å². The van der Waals surface area contributed by atoms with Gasteiger partial charge in [-0.25, -0.2) is 4.39 Å². The lowest BCUT2D eigenvalue weighted by Crippen LogP contribution is -1.88. The van der Waals surface area contributed by atoms with Crippen molar-refractivity contribution in [1.82, 2.24) is 0 Å². The Bertz CT molecular complexity index is 456. The van der Waals surface area contributed by atoms with E-state index in [1.165, 1.54) is 12.1 Å². The van der Waals surface area contributed by atoms with Crippen molar-refractivity contribution in [3.8, 4) is 11.5 Å². The molecule has 2 aromatic rings. The van der Waals surface area contributed by atoms with E-state index in [1.54, 1.807) is 24.3 Å². The monoisotopic (exact) mass is 221 g/mol. The van der Waals surface area contributed by atoms with Gasteiger partial charge in [0.2, 0.25) is 0 Å². The normalized spacial score (nSPS) is 10.0. The van der Waals surface area contributed by atoms with E-state index in [1.807, 2.05) is 6.07 Å². The second-order valence-corrected chi connectivity index (χ2v) is 3.29. The molecular formula is C12H7ClFO. The van der Waals surface area contributed by atoms with Crippen molar-refractivity contribution in [1.29, 1.82) is 0 Å². The summed E-state index contributed by atoms with van der Waals surface area (Å²) >= 11 is 5.61. The molecule has 2 aromatic carbocycles. The predicted molar refractivity (Wildman–Crippen MR) is 56.8 cm³/mol. The fraction of sp³-hybridized carbons (Fsp3) is 0. The van der Waals surface area contributed by atoms with E-state index in [-0.39, 0.29) is 10.8 Å². The summed E-state index contributed by atoms with van der Waals surface area (Å²) in [6, 6.07) is 14.5. The Kier molecular flexibility index (Phi) is 2.88. The van der Waals surface area contributed by atoms with Crippen LogP contribution in [0, 0.1) is 11.9 Å². The van der Waals surface area contributed by atoms with Gasteiger partial charge in [-0.05, 0) is 24.3 Å². The lowest BCUT2D eigenvalue weighted by atomic mass is 10.3. The van der Waals surface area contributed by atoms with Crippen molar-refractivity contribution >= 4 is 11.6 Å². The predicted octanol–water partition coefficient (Wildman–Crippen LogP) is 4.07. The number of ether oxygens (including phenoxy) is 1. The van der Waals surface area contributed by atoms with Gasteiger partial charge in [0.05, 0.1) is 5.02 Å². The van der Waals surface area contributed by atoms with E-state index < -0.39 is 5.82 Å². The van der Waals surface area contributed by atoms with Crippen molar-refractivity contribution in [3.05, 3.63) is 59.4 Å². The smallest absolute Gasteiger partial charge is 0.184 e. The maximum absolute atomic E-state index is 13.4. The summed E-state index contributed by atoms with van der Waals surface area (Å²) in [5, 5.41) is 0.0275. The molecule has 0 spiro atoms. The highest BCUT2D eigenvalue weighted by atomic mass is 35.5. The van der Waals surface area contributed by atoms with Gasteiger partial charge in [0.1, 0.15) is 5.75 Å². The van der Waals surface area contributed by atoms with E-state index in [9.17, 15) is 4.39 Å². The van der Waals surface area contributed by atoms with Crippen LogP contribution in [0.5, 0.6) is 11.5 Å². The molecule has 0 heterocycles. The molecule has 0 saturated carbocycles. The quantitative estimate of drug-likeness (QED) is 0.743. The molecule has 0 unspecified atom stereocenters. The number of rotatable bonds is 2. The maximum Gasteiger partial charge on any atom is 0.184 e. The minimum atomic E-state index is -0.594. The van der Waals surface area contributed by atoms with E-state index in [2.05, 4.69) is 6.07 Å². The Hall–Kier alpha value is -1.54. The van der Waals surface area contributed by atoms with Crippen LogP contribution in [0.3, 0.4) is 0 Å². The standard InChI is InChI=1S/C12H7ClFO/c13-10-7-4-8-11(12(10)14)15-9-5-2-1-3-6-9/h1-7H. The van der Waals surface area contributed by atoms with Crippen LogP contribution in [-0.4, -0.2) is 0 Å². The van der Waals surface area contributed by atoms with Gasteiger partial charge in [-0.3, -0.25) is 0 Å². The van der Waals surface area contributed by atoms with Gasteiger partial charge in [0.25, 0.3) is 0 Å². The molecule has 2 rings (SSSR count). The first-order valence-electron chi connectivity index (χ1n) is 4.36. The molecule has 0 fully saturated rings. The third-order valence-electron chi connectivity index (χ3n) is 1.82. The molecule has 15 heavy (non-hydrogen) atoms. The first kappa shape index (κ1) is 9.99. The fourth-order valence-electron chi connectivity index (χ4n) is 1.12. The van der Waals surface area contributed by atoms with Crippen LogP contribution < -0.4 is 4.74 Å². The number of benzene rings is 2. The molecule has 3 heteroatoms. The molecule has 1 nitrogen and oxygen atoms in total. The zero-order valence-electron chi connectivity index (χ0n) is 7.71. The summed E-state index contributed by atoms with van der Waals surface area (Å²) < 4.78 is 18.7. The van der Waals surface area contributed by atoms with Crippen molar-refractivity contribution in [3.63, 3.8) is 0 Å². The lowest BCUT2D eigenvalue weighted by Gasteiger charge is -2.06. The minimum Gasteiger partial charge on any atom is -0.454 e. The Morgan fingerprint density at radius 2 is 1.87 bits per heavy atom. The highest BCUT2D eigenvalue weighted by molar-refractivity contribution is 6.30. The van der Waals surface area contributed by atoms with Crippen molar-refractivity contribution in [2.75, 3.05) is 0 Å². The van der Waals surface area contributed by atoms with Crippen molar-refractivity contribution in [2.24, 2.45) is 0 Å². The number of hydrogen-bond acceptors (Lipinski definition) is 1. The molecule has 0 N–H and O–H groups in total. The summed E-state index contributed by atoms with van der Waals surface area (Å²) in [7, 11) is 0. The first-order chi connectivity index (χ1) is 7.27. The van der Waals surface area contributed by atoms with Gasteiger partial charge < -0.3 is 4.74 Å². The Labute approximate surface area is 92.1 Å². The molecular weight excluding hydrogens is 215 g/mol. The van der Waals surface area contributed by atoms with Crippen LogP contribution in [0.4, 0.5) is 4.39 Å². The third-order valence-corrected chi connectivity index (χ3v) is 2.11. The first-order valence-corrected chi connectivity index (χ1v) is 4.74. The number of para-hydroxylation sites is 1. The molecule has 0 aliphatic rings. The van der Waals surface area contributed by atoms with Gasteiger partial charge in [-0.2, -0.15) is 0 Å². The minimum absolute atomic E-state index is 0.00806. The molecule has 0 aliphatic heterocycles. The number of halogens is 2. The summed E-state index contributed by atoms with van der Waals surface area (Å²) in [5.41, 5.74) is 0. The summed E-state index contributed by atoms with van der Waals surface area (Å²) in [6.45, 7) is 0. The van der Waals surface area contributed by atoms with E-state index >= 15 is 0 Å². The maximum atomic E-state index is 13.4. The summed E-state index contributed by atoms with van der Waals surface area (Å²) in [5.74, 6) is -0.0355. The van der Waals surface area contributed by atoms with Gasteiger partial charge in [-0.1, -0.05) is 29.8 Å². The van der Waals surface area contributed by atoms with Crippen molar-refractivity contribution < 1.29 is 9.13 Å². The second-order valence-electron chi connectivity index (χ2n) is 2.88. The van der Waals surface area contributed by atoms with Gasteiger partial charge in [0.15, 0.2) is 11.6 Å². The summed E-state index contributed by atoms with van der Waals surface area (Å²) in [4.78, 5) is 0. The molecule has 0 atom stereocenters. The second kappa shape index (κ2) is 4.32. The molecule has 0 bridgehead atoms. The fourth-order valence-corrected chi connectivity index (χ4v) is 1.26. The van der Waals surface area contributed by atoms with Crippen LogP contribution >= 0.6 is 11.6 Å². The largest absolute Gasteiger partial charge is 0.454 e. The van der Waals surface area contributed by atoms with Gasteiger partial charge in [0, 0.05) is 6.07 Å². The molecule has 0 saturated heterocycles. The molecule has 1 radical (unpaired) electrons. The Morgan fingerprint density at radius 1 is 1.13 bits per heavy atom. The zero-order chi connectivity index (χ0) is 10.7. The highest BCUT2D eigenvalue weighted by Gasteiger charge is 2.08. The SMILES string of the molecule is Fc1c(Oc2ccccc2)[c]ccc1Cl. The molecule has 0 amide bonds. The molecule has 0 aromatic heterocycles. The average molecular weight is 222 g/mol. The van der Waals surface area contributed by atoms with Crippen molar-refractivity contribution in [2.45, 2.75) is 0 Å².